The fourth-order valence-electron chi connectivity index (χ4n) is 4.25. The molecule has 13 heteroatoms. The molecule has 0 bridgehead atoms. The molecule has 2 saturated heterocycles. The van der Waals surface area contributed by atoms with Crippen molar-refractivity contribution in [2.75, 3.05) is 49.2 Å². The van der Waals surface area contributed by atoms with Crippen molar-refractivity contribution < 1.29 is 42.2 Å². The number of rotatable bonds is 12. The van der Waals surface area contributed by atoms with Crippen LogP contribution in [0.25, 0.3) is 0 Å². The van der Waals surface area contributed by atoms with E-state index < -0.39 is 44.2 Å². The smallest absolute Gasteiger partial charge is 0.442 e. The Hall–Kier alpha value is -2.69. The first-order valence-electron chi connectivity index (χ1n) is 12.6. The Kier molecular flexibility index (Phi) is 10.3. The van der Waals surface area contributed by atoms with Gasteiger partial charge in [-0.3, -0.25) is 19.4 Å². The topological polar surface area (TPSA) is 126 Å². The summed E-state index contributed by atoms with van der Waals surface area (Å²) in [5.41, 5.74) is 0.644. The van der Waals surface area contributed by atoms with Crippen molar-refractivity contribution in [3.8, 4) is 0 Å². The normalized spacial score (nSPS) is 19.4. The van der Waals surface area contributed by atoms with Gasteiger partial charge in [0.05, 0.1) is 37.7 Å². The lowest BCUT2D eigenvalue weighted by atomic mass is 10.1. The summed E-state index contributed by atoms with van der Waals surface area (Å²) in [5.74, 6) is -2.21. The van der Waals surface area contributed by atoms with Gasteiger partial charge in [-0.05, 0) is 24.6 Å². The molecule has 0 radical (unpaired) electrons. The maximum absolute atomic E-state index is 14.8. The molecule has 3 rings (SSSR count). The van der Waals surface area contributed by atoms with E-state index in [0.29, 0.717) is 43.1 Å². The molecule has 2 aliphatic heterocycles. The van der Waals surface area contributed by atoms with Gasteiger partial charge in [-0.1, -0.05) is 32.6 Å². The second-order valence-electron chi connectivity index (χ2n) is 9.07. The Morgan fingerprint density at radius 2 is 1.92 bits per heavy atom. The number of cyclic esters (lactones) is 1. The van der Waals surface area contributed by atoms with Crippen LogP contribution in [0.3, 0.4) is 0 Å². The molecule has 2 unspecified atom stereocenters. The van der Waals surface area contributed by atoms with Gasteiger partial charge in [0, 0.05) is 26.4 Å². The number of carbonyl (C=O) groups excluding carboxylic acids is 3. The average molecular weight is 544 g/mol. The second-order valence-corrected chi connectivity index (χ2v) is 10.7. The highest BCUT2D eigenvalue weighted by Crippen LogP contribution is 2.47. The first-order chi connectivity index (χ1) is 17.6. The molecule has 0 saturated carbocycles. The van der Waals surface area contributed by atoms with Crippen molar-refractivity contribution >= 4 is 37.1 Å². The standard InChI is InChI=1S/C24H35FN3O8P/c1-3-4-5-6-7-8-23(30)36-37(32,33)28(18(2)29)17-20-16-27(24(31)35-20)19-9-10-22(21(25)15-19)26-11-13-34-14-12-26/h9-10,15,20H,3-8,11-14,16-17H2,1-2H3,(H,32,33). The zero-order valence-corrected chi connectivity index (χ0v) is 22.2. The van der Waals surface area contributed by atoms with Crippen LogP contribution in [0.2, 0.25) is 0 Å². The summed E-state index contributed by atoms with van der Waals surface area (Å²) in [7, 11) is -4.82. The molecule has 1 N–H and O–H groups in total. The van der Waals surface area contributed by atoms with Gasteiger partial charge in [-0.15, -0.1) is 0 Å². The van der Waals surface area contributed by atoms with Crippen LogP contribution in [0, 0.1) is 5.82 Å². The molecule has 2 atom stereocenters. The largest absolute Gasteiger partial charge is 0.490 e. The number of halogens is 1. The van der Waals surface area contributed by atoms with Gasteiger partial charge in [0.2, 0.25) is 5.91 Å². The Morgan fingerprint density at radius 1 is 1.22 bits per heavy atom. The van der Waals surface area contributed by atoms with Gasteiger partial charge in [-0.2, -0.15) is 0 Å². The number of nitrogens with zero attached hydrogens (tertiary/aromatic N) is 3. The number of ether oxygens (including phenoxy) is 2. The van der Waals surface area contributed by atoms with Gasteiger partial charge in [-0.25, -0.2) is 18.4 Å². The molecule has 2 fully saturated rings. The fraction of sp³-hybridized carbons (Fsp3) is 0.625. The fourth-order valence-corrected chi connectivity index (χ4v) is 5.45. The lowest BCUT2D eigenvalue weighted by molar-refractivity contribution is -0.136. The Bertz CT molecular complexity index is 1020. The minimum absolute atomic E-state index is 0.0434. The van der Waals surface area contributed by atoms with E-state index in [1.807, 2.05) is 4.90 Å². The third-order valence-electron chi connectivity index (χ3n) is 6.22. The molecule has 37 heavy (non-hydrogen) atoms. The number of anilines is 2. The predicted octanol–water partition coefficient (Wildman–Crippen LogP) is 3.84. The lowest BCUT2D eigenvalue weighted by Gasteiger charge is -2.29. The summed E-state index contributed by atoms with van der Waals surface area (Å²) in [6, 6.07) is 4.37. The van der Waals surface area contributed by atoms with Crippen molar-refractivity contribution in [2.45, 2.75) is 58.5 Å². The average Bonchev–Trinajstić information content (AvgIpc) is 3.22. The number of morpholine rings is 1. The number of hydrogen-bond donors (Lipinski definition) is 1. The van der Waals surface area contributed by atoms with Gasteiger partial charge in [0.1, 0.15) is 11.9 Å². The summed E-state index contributed by atoms with van der Waals surface area (Å²) in [5, 5.41) is 0. The maximum Gasteiger partial charge on any atom is 0.490 e. The van der Waals surface area contributed by atoms with Crippen molar-refractivity contribution in [3.05, 3.63) is 24.0 Å². The third-order valence-corrected chi connectivity index (χ3v) is 7.72. The van der Waals surface area contributed by atoms with E-state index in [-0.39, 0.29) is 18.7 Å². The minimum Gasteiger partial charge on any atom is -0.442 e. The molecule has 0 spiro atoms. The van der Waals surface area contributed by atoms with Gasteiger partial charge in [0.25, 0.3) is 0 Å². The van der Waals surface area contributed by atoms with Crippen molar-refractivity contribution in [1.29, 1.82) is 0 Å². The summed E-state index contributed by atoms with van der Waals surface area (Å²) in [6.45, 7) is 4.65. The molecule has 0 aromatic heterocycles. The Labute approximate surface area is 216 Å². The van der Waals surface area contributed by atoms with E-state index in [1.165, 1.54) is 11.0 Å². The molecule has 2 aliphatic rings. The van der Waals surface area contributed by atoms with E-state index >= 15 is 0 Å². The van der Waals surface area contributed by atoms with E-state index in [1.54, 1.807) is 12.1 Å². The van der Waals surface area contributed by atoms with Gasteiger partial charge in [0.15, 0.2) is 0 Å². The van der Waals surface area contributed by atoms with Crippen molar-refractivity contribution in [3.63, 3.8) is 0 Å². The number of carbonyl (C=O) groups is 3. The number of hydrogen-bond acceptors (Lipinski definition) is 8. The zero-order chi connectivity index (χ0) is 27.0. The Balaban J connectivity index is 1.60. The molecule has 0 aliphatic carbocycles. The molecule has 206 valence electrons. The number of unbranched alkanes of at least 4 members (excludes halogenated alkanes) is 4. The van der Waals surface area contributed by atoms with Crippen LogP contribution < -0.4 is 9.80 Å². The van der Waals surface area contributed by atoms with Gasteiger partial charge >= 0.3 is 19.8 Å². The van der Waals surface area contributed by atoms with Crippen LogP contribution >= 0.6 is 7.75 Å². The van der Waals surface area contributed by atoms with Gasteiger partial charge < -0.3 is 18.9 Å². The summed E-state index contributed by atoms with van der Waals surface area (Å²) in [4.78, 5) is 50.1. The zero-order valence-electron chi connectivity index (χ0n) is 21.3. The summed E-state index contributed by atoms with van der Waals surface area (Å²) >= 11 is 0. The van der Waals surface area contributed by atoms with Crippen molar-refractivity contribution in [2.24, 2.45) is 0 Å². The van der Waals surface area contributed by atoms with Crippen LogP contribution in [0.15, 0.2) is 18.2 Å². The van der Waals surface area contributed by atoms with E-state index in [4.69, 9.17) is 14.0 Å². The van der Waals surface area contributed by atoms with E-state index in [9.17, 15) is 28.2 Å². The highest BCUT2D eigenvalue weighted by atomic mass is 31.2. The maximum atomic E-state index is 14.8. The molecular formula is C24H35FN3O8P. The molecule has 2 amide bonds. The third kappa shape index (κ3) is 7.90. The molecule has 1 aromatic rings. The molecular weight excluding hydrogens is 508 g/mol. The quantitative estimate of drug-likeness (QED) is 0.309. The summed E-state index contributed by atoms with van der Waals surface area (Å²) in [6.07, 6.45) is 2.50. The number of benzene rings is 1. The predicted molar refractivity (Wildman–Crippen MR) is 134 cm³/mol. The van der Waals surface area contributed by atoms with Crippen LogP contribution in [0.1, 0.15) is 52.4 Å². The van der Waals surface area contributed by atoms with E-state index in [0.717, 1.165) is 32.6 Å². The monoisotopic (exact) mass is 543 g/mol. The first kappa shape index (κ1) is 28.9. The van der Waals surface area contributed by atoms with Crippen LogP contribution in [0.4, 0.5) is 20.6 Å². The molecule has 2 heterocycles. The number of amides is 2. The SMILES string of the molecule is CCCCCCCC(=O)OP(=O)(O)N(CC1CN(c2ccc(N3CCOCC3)c(F)c2)C(=O)O1)C(C)=O. The summed E-state index contributed by atoms with van der Waals surface area (Å²) < 4.78 is 43.4. The highest BCUT2D eigenvalue weighted by Gasteiger charge is 2.41. The van der Waals surface area contributed by atoms with Crippen LogP contribution in [-0.2, 0) is 28.2 Å². The first-order valence-corrected chi connectivity index (χ1v) is 14.1. The highest BCUT2D eigenvalue weighted by molar-refractivity contribution is 7.51. The van der Waals surface area contributed by atoms with Crippen LogP contribution in [-0.4, -0.2) is 73.0 Å². The minimum atomic E-state index is -4.82. The molecule has 1 aromatic carbocycles. The van der Waals surface area contributed by atoms with Crippen LogP contribution in [0.5, 0.6) is 0 Å². The van der Waals surface area contributed by atoms with E-state index in [2.05, 4.69) is 6.92 Å². The Morgan fingerprint density at radius 3 is 2.57 bits per heavy atom. The van der Waals surface area contributed by atoms with Crippen molar-refractivity contribution in [1.82, 2.24) is 4.67 Å². The second kappa shape index (κ2) is 13.2. The lowest BCUT2D eigenvalue weighted by Crippen LogP contribution is -2.37. The molecule has 11 nitrogen and oxygen atoms in total.